The second kappa shape index (κ2) is 6.66. The van der Waals surface area contributed by atoms with E-state index >= 15 is 0 Å². The molecule has 0 aromatic heterocycles. The maximum absolute atomic E-state index is 13.4. The smallest absolute Gasteiger partial charge is 0.159 e. The first-order valence-electron chi connectivity index (χ1n) is 6.16. The summed E-state index contributed by atoms with van der Waals surface area (Å²) in [6.07, 6.45) is 0. The minimum atomic E-state index is -0.864. The third-order valence-electron chi connectivity index (χ3n) is 2.98. The molecule has 0 saturated carbocycles. The van der Waals surface area contributed by atoms with Gasteiger partial charge in [-0.25, -0.2) is 8.78 Å². The molecular weight excluding hydrogens is 348 g/mol. The Morgan fingerprint density at radius 1 is 1.20 bits per heavy atom. The van der Waals surface area contributed by atoms with Crippen LogP contribution in [0, 0.1) is 11.6 Å². The van der Waals surface area contributed by atoms with Crippen LogP contribution >= 0.6 is 27.5 Å². The standard InChI is InChI=1S/C15H13BrClF2N/c1-2-20-15(9-6-7-12(18)13(19)8-9)10-4-3-5-11(16)14(10)17/h3-8,15,20H,2H2,1H3. The summed E-state index contributed by atoms with van der Waals surface area (Å²) in [5, 5.41) is 3.79. The minimum Gasteiger partial charge on any atom is -0.306 e. The van der Waals surface area contributed by atoms with E-state index in [1.807, 2.05) is 25.1 Å². The number of rotatable bonds is 4. The largest absolute Gasteiger partial charge is 0.306 e. The Kier molecular flexibility index (Phi) is 5.13. The van der Waals surface area contributed by atoms with Gasteiger partial charge in [0.1, 0.15) is 0 Å². The van der Waals surface area contributed by atoms with Crippen LogP contribution in [0.2, 0.25) is 5.02 Å². The fraction of sp³-hybridized carbons (Fsp3) is 0.200. The highest BCUT2D eigenvalue weighted by atomic mass is 79.9. The Balaban J connectivity index is 2.50. The topological polar surface area (TPSA) is 12.0 Å². The summed E-state index contributed by atoms with van der Waals surface area (Å²) < 4.78 is 27.3. The second-order valence-corrected chi connectivity index (χ2v) is 5.54. The Bertz CT molecular complexity index is 619. The molecule has 0 bridgehead atoms. The van der Waals surface area contributed by atoms with Crippen molar-refractivity contribution in [2.75, 3.05) is 6.54 Å². The molecule has 0 saturated heterocycles. The lowest BCUT2D eigenvalue weighted by atomic mass is 9.98. The lowest BCUT2D eigenvalue weighted by Gasteiger charge is -2.21. The quantitative estimate of drug-likeness (QED) is 0.802. The maximum Gasteiger partial charge on any atom is 0.159 e. The third kappa shape index (κ3) is 3.19. The number of nitrogens with one attached hydrogen (secondary N) is 1. The van der Waals surface area contributed by atoms with Crippen molar-refractivity contribution in [2.45, 2.75) is 13.0 Å². The highest BCUT2D eigenvalue weighted by molar-refractivity contribution is 9.10. The molecule has 20 heavy (non-hydrogen) atoms. The van der Waals surface area contributed by atoms with Crippen molar-refractivity contribution in [2.24, 2.45) is 0 Å². The molecule has 5 heteroatoms. The van der Waals surface area contributed by atoms with E-state index in [0.717, 1.165) is 16.1 Å². The number of hydrogen-bond donors (Lipinski definition) is 1. The molecule has 2 aromatic carbocycles. The molecule has 1 atom stereocenters. The fourth-order valence-electron chi connectivity index (χ4n) is 2.05. The van der Waals surface area contributed by atoms with Crippen molar-refractivity contribution in [3.63, 3.8) is 0 Å². The van der Waals surface area contributed by atoms with Gasteiger partial charge in [0.2, 0.25) is 0 Å². The van der Waals surface area contributed by atoms with E-state index in [1.54, 1.807) is 6.07 Å². The van der Waals surface area contributed by atoms with Crippen LogP contribution in [0.15, 0.2) is 40.9 Å². The number of benzene rings is 2. The molecule has 106 valence electrons. The predicted octanol–water partition coefficient (Wildman–Crippen LogP) is 5.08. The normalized spacial score (nSPS) is 12.4. The van der Waals surface area contributed by atoms with Crippen LogP contribution in [0.25, 0.3) is 0 Å². The lowest BCUT2D eigenvalue weighted by molar-refractivity contribution is 0.504. The van der Waals surface area contributed by atoms with Gasteiger partial charge in [0, 0.05) is 4.47 Å². The van der Waals surface area contributed by atoms with Gasteiger partial charge >= 0.3 is 0 Å². The Morgan fingerprint density at radius 2 is 1.95 bits per heavy atom. The zero-order chi connectivity index (χ0) is 14.7. The van der Waals surface area contributed by atoms with E-state index in [1.165, 1.54) is 6.07 Å². The molecule has 2 rings (SSSR count). The summed E-state index contributed by atoms with van der Waals surface area (Å²) in [6.45, 7) is 2.62. The van der Waals surface area contributed by atoms with Crippen LogP contribution < -0.4 is 5.32 Å². The molecule has 0 aliphatic heterocycles. The molecule has 1 unspecified atom stereocenters. The summed E-state index contributed by atoms with van der Waals surface area (Å²) >= 11 is 9.66. The van der Waals surface area contributed by atoms with Crippen molar-refractivity contribution in [3.05, 3.63) is 68.7 Å². The van der Waals surface area contributed by atoms with E-state index in [2.05, 4.69) is 21.2 Å². The Morgan fingerprint density at radius 3 is 2.60 bits per heavy atom. The van der Waals surface area contributed by atoms with Gasteiger partial charge in [-0.2, -0.15) is 0 Å². The molecule has 0 spiro atoms. The van der Waals surface area contributed by atoms with Gasteiger partial charge in [-0.1, -0.05) is 36.7 Å². The first-order valence-corrected chi connectivity index (χ1v) is 7.34. The molecule has 0 aliphatic rings. The minimum absolute atomic E-state index is 0.292. The van der Waals surface area contributed by atoms with Gasteiger partial charge in [-0.15, -0.1) is 0 Å². The summed E-state index contributed by atoms with van der Waals surface area (Å²) in [4.78, 5) is 0. The van der Waals surface area contributed by atoms with Crippen LogP contribution in [0.1, 0.15) is 24.1 Å². The van der Waals surface area contributed by atoms with Gasteiger partial charge in [0.25, 0.3) is 0 Å². The number of halogens is 4. The van der Waals surface area contributed by atoms with Crippen LogP contribution in [-0.2, 0) is 0 Å². The van der Waals surface area contributed by atoms with Crippen molar-refractivity contribution < 1.29 is 8.78 Å². The lowest BCUT2D eigenvalue weighted by Crippen LogP contribution is -2.22. The van der Waals surface area contributed by atoms with E-state index in [9.17, 15) is 8.78 Å². The Labute approximate surface area is 130 Å². The van der Waals surface area contributed by atoms with Gasteiger partial charge in [0.15, 0.2) is 11.6 Å². The van der Waals surface area contributed by atoms with Crippen LogP contribution in [0.4, 0.5) is 8.78 Å². The Hall–Kier alpha value is -0.970. The van der Waals surface area contributed by atoms with Crippen molar-refractivity contribution in [3.8, 4) is 0 Å². The fourth-order valence-corrected chi connectivity index (χ4v) is 2.66. The average molecular weight is 361 g/mol. The molecule has 1 N–H and O–H groups in total. The van der Waals surface area contributed by atoms with Crippen molar-refractivity contribution in [1.82, 2.24) is 5.32 Å². The first kappa shape index (κ1) is 15.4. The highest BCUT2D eigenvalue weighted by Gasteiger charge is 2.18. The SMILES string of the molecule is CCNC(c1ccc(F)c(F)c1)c1cccc(Br)c1Cl. The van der Waals surface area contributed by atoms with Crippen molar-refractivity contribution >= 4 is 27.5 Å². The van der Waals surface area contributed by atoms with Gasteiger partial charge in [-0.05, 0) is 51.8 Å². The number of hydrogen-bond acceptors (Lipinski definition) is 1. The van der Waals surface area contributed by atoms with Crippen LogP contribution in [0.3, 0.4) is 0 Å². The van der Waals surface area contributed by atoms with Gasteiger partial charge in [0.05, 0.1) is 11.1 Å². The maximum atomic E-state index is 13.4. The van der Waals surface area contributed by atoms with E-state index < -0.39 is 11.6 Å². The molecular formula is C15H13BrClF2N. The summed E-state index contributed by atoms with van der Waals surface area (Å²) in [5.74, 6) is -1.72. The van der Waals surface area contributed by atoms with Crippen LogP contribution in [-0.4, -0.2) is 6.54 Å². The molecule has 0 radical (unpaired) electrons. The summed E-state index contributed by atoms with van der Waals surface area (Å²) in [7, 11) is 0. The van der Waals surface area contributed by atoms with Gasteiger partial charge < -0.3 is 5.32 Å². The summed E-state index contributed by atoms with van der Waals surface area (Å²) in [6, 6.07) is 9.14. The van der Waals surface area contributed by atoms with E-state index in [0.29, 0.717) is 17.1 Å². The zero-order valence-electron chi connectivity index (χ0n) is 10.8. The van der Waals surface area contributed by atoms with Crippen molar-refractivity contribution in [1.29, 1.82) is 0 Å². The van der Waals surface area contributed by atoms with E-state index in [-0.39, 0.29) is 6.04 Å². The predicted molar refractivity (Wildman–Crippen MR) is 81.0 cm³/mol. The second-order valence-electron chi connectivity index (χ2n) is 4.31. The summed E-state index contributed by atoms with van der Waals surface area (Å²) in [5.41, 5.74) is 1.44. The zero-order valence-corrected chi connectivity index (χ0v) is 13.1. The molecule has 1 nitrogen and oxygen atoms in total. The molecule has 0 amide bonds. The molecule has 2 aromatic rings. The average Bonchev–Trinajstić information content (AvgIpc) is 2.43. The van der Waals surface area contributed by atoms with Crippen LogP contribution in [0.5, 0.6) is 0 Å². The third-order valence-corrected chi connectivity index (χ3v) is 4.29. The molecule has 0 aliphatic carbocycles. The first-order chi connectivity index (χ1) is 9.54. The highest BCUT2D eigenvalue weighted by Crippen LogP contribution is 2.33. The molecule has 0 fully saturated rings. The van der Waals surface area contributed by atoms with E-state index in [4.69, 9.17) is 11.6 Å². The molecule has 0 heterocycles. The monoisotopic (exact) mass is 359 g/mol. The van der Waals surface area contributed by atoms with Gasteiger partial charge in [-0.3, -0.25) is 0 Å².